The molecule has 0 bridgehead atoms. The highest BCUT2D eigenvalue weighted by Gasteiger charge is 2.26. The zero-order valence-electron chi connectivity index (χ0n) is 11.5. The highest BCUT2D eigenvalue weighted by molar-refractivity contribution is 5.96. The number of amides is 1. The molecular weight excluding hydrogens is 282 g/mol. The van der Waals surface area contributed by atoms with Crippen molar-refractivity contribution < 1.29 is 23.4 Å². The lowest BCUT2D eigenvalue weighted by atomic mass is 9.92. The van der Waals surface area contributed by atoms with E-state index in [1.807, 2.05) is 0 Å². The minimum absolute atomic E-state index is 0.0934. The van der Waals surface area contributed by atoms with Crippen LogP contribution in [-0.4, -0.2) is 41.2 Å². The van der Waals surface area contributed by atoms with E-state index in [4.69, 9.17) is 4.74 Å². The summed E-state index contributed by atoms with van der Waals surface area (Å²) in [5, 5.41) is 12.6. The number of alkyl halides is 2. The first-order chi connectivity index (χ1) is 10.1. The van der Waals surface area contributed by atoms with Gasteiger partial charge in [0.15, 0.2) is 6.61 Å². The first-order valence-electron chi connectivity index (χ1n) is 6.93. The molecule has 0 aliphatic heterocycles. The van der Waals surface area contributed by atoms with Crippen molar-refractivity contribution in [3.05, 3.63) is 23.9 Å². The Labute approximate surface area is 121 Å². The highest BCUT2D eigenvalue weighted by atomic mass is 19.3. The molecule has 0 spiro atoms. The van der Waals surface area contributed by atoms with Gasteiger partial charge in [0, 0.05) is 6.20 Å². The summed E-state index contributed by atoms with van der Waals surface area (Å²) >= 11 is 0. The fourth-order valence-corrected chi connectivity index (χ4v) is 2.35. The van der Waals surface area contributed by atoms with Gasteiger partial charge in [-0.2, -0.15) is 0 Å². The molecule has 2 atom stereocenters. The lowest BCUT2D eigenvalue weighted by Gasteiger charge is -2.28. The number of aromatic nitrogens is 1. The minimum Gasteiger partial charge on any atom is -0.471 e. The topological polar surface area (TPSA) is 71.5 Å². The van der Waals surface area contributed by atoms with Crippen molar-refractivity contribution in [1.82, 2.24) is 10.3 Å². The van der Waals surface area contributed by atoms with Crippen molar-refractivity contribution in [3.8, 4) is 5.88 Å². The maximum atomic E-state index is 12.2. The number of hydrogen-bond acceptors (Lipinski definition) is 4. The highest BCUT2D eigenvalue weighted by Crippen LogP contribution is 2.20. The Hall–Kier alpha value is -1.76. The van der Waals surface area contributed by atoms with Gasteiger partial charge < -0.3 is 15.2 Å². The first kappa shape index (κ1) is 15.6. The number of nitrogens with one attached hydrogen (secondary N) is 1. The van der Waals surface area contributed by atoms with Crippen molar-refractivity contribution in [2.75, 3.05) is 6.61 Å². The zero-order valence-corrected chi connectivity index (χ0v) is 11.5. The molecule has 1 aromatic heterocycles. The van der Waals surface area contributed by atoms with E-state index in [9.17, 15) is 18.7 Å². The lowest BCUT2D eigenvalue weighted by molar-refractivity contribution is 0.0689. The molecule has 1 saturated carbocycles. The summed E-state index contributed by atoms with van der Waals surface area (Å²) < 4.78 is 29.2. The average Bonchev–Trinajstić information content (AvgIpc) is 2.47. The van der Waals surface area contributed by atoms with Crippen molar-refractivity contribution >= 4 is 5.91 Å². The molecule has 0 radical (unpaired) electrons. The third kappa shape index (κ3) is 4.35. The van der Waals surface area contributed by atoms with E-state index in [0.717, 1.165) is 12.8 Å². The summed E-state index contributed by atoms with van der Waals surface area (Å²) in [5.74, 6) is -0.598. The molecule has 2 N–H and O–H groups in total. The number of rotatable bonds is 5. The summed E-state index contributed by atoms with van der Waals surface area (Å²) in [6.07, 6.45) is 1.36. The van der Waals surface area contributed by atoms with Crippen molar-refractivity contribution in [3.63, 3.8) is 0 Å². The molecule has 1 aromatic rings. The fraction of sp³-hybridized carbons (Fsp3) is 0.571. The van der Waals surface area contributed by atoms with Crippen LogP contribution < -0.4 is 10.1 Å². The van der Waals surface area contributed by atoms with Crippen LogP contribution in [0.1, 0.15) is 36.0 Å². The number of pyridine rings is 1. The molecule has 1 fully saturated rings. The molecule has 2 unspecified atom stereocenters. The largest absolute Gasteiger partial charge is 0.471 e. The Morgan fingerprint density at radius 2 is 2.24 bits per heavy atom. The van der Waals surface area contributed by atoms with Gasteiger partial charge in [-0.05, 0) is 25.0 Å². The fourth-order valence-electron chi connectivity index (χ4n) is 2.35. The van der Waals surface area contributed by atoms with Gasteiger partial charge >= 0.3 is 0 Å². The summed E-state index contributed by atoms with van der Waals surface area (Å²) in [5.41, 5.74) is 0.0934. The van der Waals surface area contributed by atoms with Gasteiger partial charge in [0.25, 0.3) is 12.3 Å². The maximum absolute atomic E-state index is 12.2. The second-order valence-electron chi connectivity index (χ2n) is 4.99. The monoisotopic (exact) mass is 300 g/mol. The van der Waals surface area contributed by atoms with E-state index in [1.165, 1.54) is 18.3 Å². The number of aliphatic hydroxyl groups excluding tert-OH is 1. The number of hydrogen-bond donors (Lipinski definition) is 2. The summed E-state index contributed by atoms with van der Waals surface area (Å²) in [6, 6.07) is 2.66. The van der Waals surface area contributed by atoms with Gasteiger partial charge in [-0.1, -0.05) is 12.8 Å². The Morgan fingerprint density at radius 3 is 2.95 bits per heavy atom. The van der Waals surface area contributed by atoms with Crippen molar-refractivity contribution in [1.29, 1.82) is 0 Å². The molecule has 1 aliphatic rings. The average molecular weight is 300 g/mol. The van der Waals surface area contributed by atoms with Crippen LogP contribution >= 0.6 is 0 Å². The number of nitrogens with zero attached hydrogens (tertiary/aromatic N) is 1. The Kier molecular flexibility index (Phi) is 5.44. The third-order valence-corrected chi connectivity index (χ3v) is 3.41. The molecular formula is C14H18F2N2O3. The SMILES string of the molecule is O=C(NC1CCCCC1O)c1cccnc1OCC(F)F. The summed E-state index contributed by atoms with van der Waals surface area (Å²) in [6.45, 7) is -0.816. The van der Waals surface area contributed by atoms with E-state index >= 15 is 0 Å². The predicted octanol–water partition coefficient (Wildman–Crippen LogP) is 1.76. The van der Waals surface area contributed by atoms with Gasteiger partial charge in [0.05, 0.1) is 12.1 Å². The quantitative estimate of drug-likeness (QED) is 0.869. The molecule has 0 aromatic carbocycles. The summed E-state index contributed by atoms with van der Waals surface area (Å²) in [7, 11) is 0. The predicted molar refractivity (Wildman–Crippen MR) is 71.5 cm³/mol. The number of carbonyl (C=O) groups excluding carboxylic acids is 1. The molecule has 0 saturated heterocycles. The third-order valence-electron chi connectivity index (χ3n) is 3.41. The van der Waals surface area contributed by atoms with E-state index < -0.39 is 25.0 Å². The molecule has 116 valence electrons. The molecule has 1 heterocycles. The molecule has 7 heteroatoms. The van der Waals surface area contributed by atoms with Gasteiger partial charge in [0.2, 0.25) is 5.88 Å². The maximum Gasteiger partial charge on any atom is 0.272 e. The second kappa shape index (κ2) is 7.31. The number of aliphatic hydroxyl groups is 1. The Bertz CT molecular complexity index is 485. The second-order valence-corrected chi connectivity index (χ2v) is 4.99. The molecule has 2 rings (SSSR count). The van der Waals surface area contributed by atoms with E-state index in [1.54, 1.807) is 0 Å². The van der Waals surface area contributed by atoms with Crippen LogP contribution in [0.4, 0.5) is 8.78 Å². The van der Waals surface area contributed by atoms with Crippen LogP contribution in [0.2, 0.25) is 0 Å². The number of ether oxygens (including phenoxy) is 1. The summed E-state index contributed by atoms with van der Waals surface area (Å²) in [4.78, 5) is 16.0. The number of halogens is 2. The van der Waals surface area contributed by atoms with Gasteiger partial charge in [-0.3, -0.25) is 4.79 Å². The van der Waals surface area contributed by atoms with Gasteiger partial charge in [0.1, 0.15) is 5.56 Å². The van der Waals surface area contributed by atoms with E-state index in [0.29, 0.717) is 12.8 Å². The van der Waals surface area contributed by atoms with Gasteiger partial charge in [-0.25, -0.2) is 13.8 Å². The normalized spacial score (nSPS) is 22.1. The Balaban J connectivity index is 2.04. The smallest absolute Gasteiger partial charge is 0.272 e. The molecule has 1 amide bonds. The van der Waals surface area contributed by atoms with Crippen molar-refractivity contribution in [2.45, 2.75) is 44.3 Å². The van der Waals surface area contributed by atoms with Gasteiger partial charge in [-0.15, -0.1) is 0 Å². The number of carbonyl (C=O) groups is 1. The molecule has 21 heavy (non-hydrogen) atoms. The van der Waals surface area contributed by atoms with E-state index in [-0.39, 0.29) is 17.5 Å². The van der Waals surface area contributed by atoms with E-state index in [2.05, 4.69) is 10.3 Å². The van der Waals surface area contributed by atoms with Crippen LogP contribution in [0.15, 0.2) is 18.3 Å². The van der Waals surface area contributed by atoms with Crippen LogP contribution in [0, 0.1) is 0 Å². The lowest BCUT2D eigenvalue weighted by Crippen LogP contribution is -2.45. The zero-order chi connectivity index (χ0) is 15.2. The molecule has 5 nitrogen and oxygen atoms in total. The van der Waals surface area contributed by atoms with Crippen molar-refractivity contribution in [2.24, 2.45) is 0 Å². The van der Waals surface area contributed by atoms with Crippen LogP contribution in [0.3, 0.4) is 0 Å². The standard InChI is InChI=1S/C14H18F2N2O3/c15-12(16)8-21-14-9(4-3-7-17-14)13(20)18-10-5-1-2-6-11(10)19/h3-4,7,10-12,19H,1-2,5-6,8H2,(H,18,20). The Morgan fingerprint density at radius 1 is 1.48 bits per heavy atom. The first-order valence-corrected chi connectivity index (χ1v) is 6.93. The molecule has 1 aliphatic carbocycles. The van der Waals surface area contributed by atoms with Crippen LogP contribution in [-0.2, 0) is 0 Å². The minimum atomic E-state index is -2.64. The van der Waals surface area contributed by atoms with Crippen LogP contribution in [0.25, 0.3) is 0 Å². The van der Waals surface area contributed by atoms with Crippen LogP contribution in [0.5, 0.6) is 5.88 Å².